The van der Waals surface area contributed by atoms with Gasteiger partial charge in [-0.3, -0.25) is 9.59 Å². The molecule has 3 heterocycles. The molecule has 0 aromatic carbocycles. The van der Waals surface area contributed by atoms with Crippen molar-refractivity contribution in [3.8, 4) is 0 Å². The molecule has 0 saturated carbocycles. The fourth-order valence-corrected chi connectivity index (χ4v) is 3.92. The molecule has 0 bridgehead atoms. The molecule has 1 aliphatic heterocycles. The van der Waals surface area contributed by atoms with Crippen molar-refractivity contribution in [2.45, 2.75) is 45.6 Å². The standard InChI is InChI=1S/C17H21N3O3S/c1-4-14-15(11(3)19-23-14)18-16(21)17(22)20-8-13(7-10(20)2)12-5-6-24-9-12/h5-6,9-10,13H,4,7-8H2,1-3H3,(H,18,21)/t10-,13-/m0/s1. The first kappa shape index (κ1) is 16.7. The number of thiophene rings is 1. The van der Waals surface area contributed by atoms with Gasteiger partial charge in [0.1, 0.15) is 11.4 Å². The van der Waals surface area contributed by atoms with Crippen molar-refractivity contribution < 1.29 is 14.1 Å². The Balaban J connectivity index is 1.69. The zero-order valence-corrected chi connectivity index (χ0v) is 14.9. The molecule has 1 aliphatic rings. The third-order valence-corrected chi connectivity index (χ3v) is 5.24. The lowest BCUT2D eigenvalue weighted by Gasteiger charge is -2.20. The Hall–Kier alpha value is -2.15. The van der Waals surface area contributed by atoms with E-state index in [4.69, 9.17) is 4.52 Å². The molecule has 0 radical (unpaired) electrons. The molecule has 0 aliphatic carbocycles. The summed E-state index contributed by atoms with van der Waals surface area (Å²) in [6.07, 6.45) is 1.48. The van der Waals surface area contributed by atoms with E-state index in [-0.39, 0.29) is 6.04 Å². The molecule has 24 heavy (non-hydrogen) atoms. The van der Waals surface area contributed by atoms with Crippen LogP contribution in [0.5, 0.6) is 0 Å². The summed E-state index contributed by atoms with van der Waals surface area (Å²) in [4.78, 5) is 26.6. The van der Waals surface area contributed by atoms with Crippen LogP contribution in [-0.4, -0.2) is 34.5 Å². The molecule has 2 aromatic heterocycles. The van der Waals surface area contributed by atoms with E-state index < -0.39 is 11.8 Å². The third-order valence-electron chi connectivity index (χ3n) is 4.54. The van der Waals surface area contributed by atoms with E-state index >= 15 is 0 Å². The summed E-state index contributed by atoms with van der Waals surface area (Å²) in [5.41, 5.74) is 2.33. The highest BCUT2D eigenvalue weighted by Crippen LogP contribution is 2.33. The lowest BCUT2D eigenvalue weighted by molar-refractivity contribution is -0.143. The van der Waals surface area contributed by atoms with Crippen molar-refractivity contribution in [1.82, 2.24) is 10.1 Å². The number of nitrogens with zero attached hydrogens (tertiary/aromatic N) is 2. The molecule has 2 amide bonds. The van der Waals surface area contributed by atoms with Gasteiger partial charge >= 0.3 is 11.8 Å². The number of rotatable bonds is 3. The Morgan fingerprint density at radius 1 is 1.50 bits per heavy atom. The fourth-order valence-electron chi connectivity index (χ4n) is 3.18. The van der Waals surface area contributed by atoms with E-state index in [1.165, 1.54) is 5.56 Å². The third kappa shape index (κ3) is 3.08. The average molecular weight is 347 g/mol. The van der Waals surface area contributed by atoms with Crippen LogP contribution < -0.4 is 5.32 Å². The Labute approximate surface area is 144 Å². The molecule has 2 aromatic rings. The summed E-state index contributed by atoms with van der Waals surface area (Å²) in [6.45, 7) is 6.21. The summed E-state index contributed by atoms with van der Waals surface area (Å²) in [7, 11) is 0. The van der Waals surface area contributed by atoms with Gasteiger partial charge in [-0.25, -0.2) is 0 Å². The van der Waals surface area contributed by atoms with Gasteiger partial charge in [0.25, 0.3) is 0 Å². The SMILES string of the molecule is CCc1onc(C)c1NC(=O)C(=O)N1C[C@@H](c2ccsc2)C[C@@H]1C. The smallest absolute Gasteiger partial charge is 0.314 e. The number of aryl methyl sites for hydroxylation is 2. The molecule has 1 saturated heterocycles. The average Bonchev–Trinajstić information content (AvgIpc) is 3.28. The van der Waals surface area contributed by atoms with Crippen molar-refractivity contribution in [3.05, 3.63) is 33.8 Å². The second-order valence-electron chi connectivity index (χ2n) is 6.17. The molecule has 3 rings (SSSR count). The number of aromatic nitrogens is 1. The first-order chi connectivity index (χ1) is 11.5. The van der Waals surface area contributed by atoms with Gasteiger partial charge in [0.15, 0.2) is 5.76 Å². The molecule has 1 fully saturated rings. The maximum absolute atomic E-state index is 12.6. The fraction of sp³-hybridized carbons (Fsp3) is 0.471. The molecular weight excluding hydrogens is 326 g/mol. The first-order valence-corrected chi connectivity index (χ1v) is 9.04. The van der Waals surface area contributed by atoms with Crippen LogP contribution in [0.4, 0.5) is 5.69 Å². The van der Waals surface area contributed by atoms with Gasteiger partial charge in [0.2, 0.25) is 0 Å². The lowest BCUT2D eigenvalue weighted by atomic mass is 10.00. The van der Waals surface area contributed by atoms with E-state index in [1.54, 1.807) is 23.2 Å². The van der Waals surface area contributed by atoms with Gasteiger partial charge in [-0.15, -0.1) is 0 Å². The Kier molecular flexibility index (Phi) is 4.71. The second kappa shape index (κ2) is 6.76. The highest BCUT2D eigenvalue weighted by molar-refractivity contribution is 7.08. The highest BCUT2D eigenvalue weighted by Gasteiger charge is 2.36. The highest BCUT2D eigenvalue weighted by atomic mass is 32.1. The van der Waals surface area contributed by atoms with Crippen LogP contribution in [0.2, 0.25) is 0 Å². The van der Waals surface area contributed by atoms with Gasteiger partial charge < -0.3 is 14.7 Å². The van der Waals surface area contributed by atoms with Crippen molar-refractivity contribution >= 4 is 28.8 Å². The van der Waals surface area contributed by atoms with E-state index in [0.717, 1.165) is 6.42 Å². The van der Waals surface area contributed by atoms with Crippen molar-refractivity contribution in [1.29, 1.82) is 0 Å². The Bertz CT molecular complexity index is 738. The summed E-state index contributed by atoms with van der Waals surface area (Å²) >= 11 is 1.65. The second-order valence-corrected chi connectivity index (χ2v) is 6.95. The minimum atomic E-state index is -0.631. The predicted molar refractivity (Wildman–Crippen MR) is 92.1 cm³/mol. The van der Waals surface area contributed by atoms with E-state index in [2.05, 4.69) is 21.9 Å². The molecule has 1 N–H and O–H groups in total. The normalized spacial score (nSPS) is 20.4. The number of anilines is 1. The van der Waals surface area contributed by atoms with E-state index in [0.29, 0.717) is 36.0 Å². The zero-order chi connectivity index (χ0) is 17.3. The first-order valence-electron chi connectivity index (χ1n) is 8.10. The van der Waals surface area contributed by atoms with Crippen LogP contribution in [0, 0.1) is 6.92 Å². The number of hydrogen-bond donors (Lipinski definition) is 1. The molecule has 7 heteroatoms. The van der Waals surface area contributed by atoms with Crippen LogP contribution in [0.15, 0.2) is 21.3 Å². The van der Waals surface area contributed by atoms with Gasteiger partial charge in [0.05, 0.1) is 0 Å². The maximum atomic E-state index is 12.6. The van der Waals surface area contributed by atoms with Crippen LogP contribution in [0.3, 0.4) is 0 Å². The van der Waals surface area contributed by atoms with E-state index in [1.807, 2.05) is 19.2 Å². The number of carbonyl (C=O) groups is 2. The number of hydrogen-bond acceptors (Lipinski definition) is 5. The summed E-state index contributed by atoms with van der Waals surface area (Å²) in [5, 5.41) is 10.7. The Morgan fingerprint density at radius 3 is 2.96 bits per heavy atom. The van der Waals surface area contributed by atoms with Crippen LogP contribution >= 0.6 is 11.3 Å². The van der Waals surface area contributed by atoms with Crippen LogP contribution in [-0.2, 0) is 16.0 Å². The van der Waals surface area contributed by atoms with Crippen LogP contribution in [0.25, 0.3) is 0 Å². The maximum Gasteiger partial charge on any atom is 0.314 e. The van der Waals surface area contributed by atoms with Gasteiger partial charge in [-0.2, -0.15) is 11.3 Å². The van der Waals surface area contributed by atoms with Crippen molar-refractivity contribution in [2.75, 3.05) is 11.9 Å². The summed E-state index contributed by atoms with van der Waals surface area (Å²) < 4.78 is 5.15. The van der Waals surface area contributed by atoms with Gasteiger partial charge in [-0.05, 0) is 42.7 Å². The minimum Gasteiger partial charge on any atom is -0.359 e. The Morgan fingerprint density at radius 2 is 2.29 bits per heavy atom. The number of likely N-dealkylation sites (tertiary alicyclic amines) is 1. The predicted octanol–water partition coefficient (Wildman–Crippen LogP) is 2.95. The molecule has 128 valence electrons. The summed E-state index contributed by atoms with van der Waals surface area (Å²) in [5.74, 6) is -0.248. The largest absolute Gasteiger partial charge is 0.359 e. The molecule has 2 atom stereocenters. The summed E-state index contributed by atoms with van der Waals surface area (Å²) in [6, 6.07) is 2.13. The number of amides is 2. The minimum absolute atomic E-state index is 0.0439. The van der Waals surface area contributed by atoms with E-state index in [9.17, 15) is 9.59 Å². The van der Waals surface area contributed by atoms with Crippen LogP contribution in [0.1, 0.15) is 43.2 Å². The molecule has 0 spiro atoms. The lowest BCUT2D eigenvalue weighted by Crippen LogP contribution is -2.41. The number of nitrogens with one attached hydrogen (secondary N) is 1. The van der Waals surface area contributed by atoms with Gasteiger partial charge in [-0.1, -0.05) is 12.1 Å². The molecular formula is C17H21N3O3S. The van der Waals surface area contributed by atoms with Crippen molar-refractivity contribution in [2.24, 2.45) is 0 Å². The monoisotopic (exact) mass is 347 g/mol. The molecule has 0 unspecified atom stereocenters. The molecule has 6 nitrogen and oxygen atoms in total. The topological polar surface area (TPSA) is 75.4 Å². The quantitative estimate of drug-likeness (QED) is 0.866. The van der Waals surface area contributed by atoms with Crippen molar-refractivity contribution in [3.63, 3.8) is 0 Å². The van der Waals surface area contributed by atoms with Gasteiger partial charge in [0, 0.05) is 24.9 Å². The zero-order valence-electron chi connectivity index (χ0n) is 14.0. The number of carbonyl (C=O) groups excluding carboxylic acids is 2.